The van der Waals surface area contributed by atoms with Crippen LogP contribution in [0, 0.1) is 0 Å². The van der Waals surface area contributed by atoms with Gasteiger partial charge in [-0.1, -0.05) is 91.6 Å². The van der Waals surface area contributed by atoms with Gasteiger partial charge in [-0.25, -0.2) is 4.99 Å². The maximum Gasteiger partial charge on any atom is 0.233 e. The molecule has 4 aromatic carbocycles. The molecule has 0 aliphatic rings. The highest BCUT2D eigenvalue weighted by Gasteiger charge is 2.14. The third-order valence-corrected chi connectivity index (χ3v) is 9.68. The van der Waals surface area contributed by atoms with Crippen LogP contribution >= 0.6 is 24.1 Å². The molecule has 0 spiro atoms. The van der Waals surface area contributed by atoms with Gasteiger partial charge in [-0.3, -0.25) is 0 Å². The zero-order chi connectivity index (χ0) is 43.4. The maximum atomic E-state index is 10.3. The second-order valence-corrected chi connectivity index (χ2v) is 14.5. The first-order chi connectivity index (χ1) is 29.7. The first kappa shape index (κ1) is 45.2. The third-order valence-electron chi connectivity index (χ3n) is 8.58. The van der Waals surface area contributed by atoms with Crippen molar-refractivity contribution in [3.63, 3.8) is 0 Å². The smallest absolute Gasteiger partial charge is 0.233 e. The number of para-hydroxylation sites is 2. The number of hydrogen-bond donors (Lipinski definition) is 6. The van der Waals surface area contributed by atoms with Crippen molar-refractivity contribution in [2.24, 2.45) is 4.99 Å². The largest absolute Gasteiger partial charge is 0.359 e. The second kappa shape index (κ2) is 23.7. The van der Waals surface area contributed by atoms with Gasteiger partial charge in [0, 0.05) is 88.5 Å². The Labute approximate surface area is 367 Å². The van der Waals surface area contributed by atoms with Crippen molar-refractivity contribution >= 4 is 82.7 Å². The Kier molecular flexibility index (Phi) is 17.6. The summed E-state index contributed by atoms with van der Waals surface area (Å²) >= 11 is 1.28. The molecule has 0 radical (unpaired) electrons. The van der Waals surface area contributed by atoms with Crippen molar-refractivity contribution in [1.82, 2.24) is 19.9 Å². The molecular formula is C47H50N10O2S2. The first-order valence-electron chi connectivity index (χ1n) is 19.2. The van der Waals surface area contributed by atoms with E-state index in [4.69, 9.17) is 4.99 Å². The number of hydrogen-bond acceptors (Lipinski definition) is 13. The zero-order valence-electron chi connectivity index (χ0n) is 34.0. The van der Waals surface area contributed by atoms with Gasteiger partial charge < -0.3 is 40.2 Å². The quantitative estimate of drug-likeness (QED) is 0.0122. The molecule has 0 fully saturated rings. The first-order valence-corrected chi connectivity index (χ1v) is 20.7. The fourth-order valence-corrected chi connectivity index (χ4v) is 6.71. The summed E-state index contributed by atoms with van der Waals surface area (Å²) < 4.78 is 20.6. The highest BCUT2D eigenvalue weighted by molar-refractivity contribution is 7.94. The molecule has 1 aromatic heterocycles. The fraction of sp³-hybridized carbons (Fsp3) is 0.106. The molecule has 0 aliphatic carbocycles. The summed E-state index contributed by atoms with van der Waals surface area (Å²) in [4.78, 5) is 23.9. The molecule has 0 bridgehead atoms. The van der Waals surface area contributed by atoms with E-state index in [9.17, 15) is 9.11 Å². The number of nitrogens with zero attached hydrogens (tertiary/aromatic N) is 6. The fourth-order valence-electron chi connectivity index (χ4n) is 5.86. The second-order valence-electron chi connectivity index (χ2n) is 13.2. The normalized spacial score (nSPS) is 11.4. The highest BCUT2D eigenvalue weighted by Crippen LogP contribution is 2.31. The molecule has 5 aromatic rings. The molecule has 12 nitrogen and oxygen atoms in total. The minimum Gasteiger partial charge on any atom is -0.359 e. The summed E-state index contributed by atoms with van der Waals surface area (Å²) in [6.07, 6.45) is 12.9. The van der Waals surface area contributed by atoms with Gasteiger partial charge in [-0.2, -0.15) is 15.0 Å². The minimum atomic E-state index is 0.307. The summed E-state index contributed by atoms with van der Waals surface area (Å²) in [5, 5.41) is 13.2. The molecule has 0 amide bonds. The van der Waals surface area contributed by atoms with Crippen molar-refractivity contribution in [2.45, 2.75) is 16.7 Å². The number of allylic oxidation sites excluding steroid dienone is 1. The van der Waals surface area contributed by atoms with Crippen LogP contribution in [0.1, 0.15) is 18.1 Å². The summed E-state index contributed by atoms with van der Waals surface area (Å²) in [6, 6.07) is 30.6. The average Bonchev–Trinajstić information content (AvgIpc) is 3.26. The van der Waals surface area contributed by atoms with E-state index in [0.717, 1.165) is 33.9 Å². The van der Waals surface area contributed by atoms with E-state index in [2.05, 4.69) is 69.1 Å². The van der Waals surface area contributed by atoms with Crippen LogP contribution in [-0.4, -0.2) is 61.0 Å². The maximum absolute atomic E-state index is 10.3. The summed E-state index contributed by atoms with van der Waals surface area (Å²) in [7, 11) is 0. The SMILES string of the molecule is C=CCN(CC=C)C(/C=C(\C)Nc1ccc(/C=C/c2ccc(Nc3nc(Nc4ccccc4)nc(N(CC=C)CC=C)n3)cc2SO)c(SO)c1)=N/C(=C)Nc1ccccc1. The zero-order valence-corrected chi connectivity index (χ0v) is 35.7. The predicted molar refractivity (Wildman–Crippen MR) is 260 cm³/mol. The molecular weight excluding hydrogens is 801 g/mol. The summed E-state index contributed by atoms with van der Waals surface area (Å²) in [6.45, 7) is 23.7. The lowest BCUT2D eigenvalue weighted by Crippen LogP contribution is -2.31. The van der Waals surface area contributed by atoms with Crippen LogP contribution in [0.2, 0.25) is 0 Å². The lowest BCUT2D eigenvalue weighted by molar-refractivity contribution is 0.515. The molecule has 14 heteroatoms. The predicted octanol–water partition coefficient (Wildman–Crippen LogP) is 11.8. The van der Waals surface area contributed by atoms with Gasteiger partial charge in [0.2, 0.25) is 17.8 Å². The van der Waals surface area contributed by atoms with Crippen molar-refractivity contribution in [3.8, 4) is 0 Å². The van der Waals surface area contributed by atoms with Gasteiger partial charge in [0.05, 0.1) is 0 Å². The van der Waals surface area contributed by atoms with Crippen molar-refractivity contribution in [1.29, 1.82) is 0 Å². The van der Waals surface area contributed by atoms with Crippen LogP contribution in [0.3, 0.4) is 0 Å². The molecule has 0 unspecified atom stereocenters. The molecule has 312 valence electrons. The number of aromatic nitrogens is 3. The Morgan fingerprint density at radius 1 is 0.639 bits per heavy atom. The highest BCUT2D eigenvalue weighted by atomic mass is 32.2. The van der Waals surface area contributed by atoms with Crippen LogP contribution in [-0.2, 0) is 0 Å². The lowest BCUT2D eigenvalue weighted by Gasteiger charge is -2.23. The van der Waals surface area contributed by atoms with Crippen LogP contribution in [0.15, 0.2) is 187 Å². The van der Waals surface area contributed by atoms with E-state index in [-0.39, 0.29) is 0 Å². The molecule has 61 heavy (non-hydrogen) atoms. The molecule has 0 aliphatic heterocycles. The monoisotopic (exact) mass is 850 g/mol. The molecule has 0 atom stereocenters. The van der Waals surface area contributed by atoms with Gasteiger partial charge in [0.15, 0.2) is 0 Å². The number of benzene rings is 4. The van der Waals surface area contributed by atoms with Gasteiger partial charge in [0.1, 0.15) is 11.7 Å². The van der Waals surface area contributed by atoms with Crippen molar-refractivity contribution in [3.05, 3.63) is 183 Å². The number of aliphatic imine (C=N–C) groups is 1. The van der Waals surface area contributed by atoms with E-state index in [1.54, 1.807) is 12.2 Å². The Morgan fingerprint density at radius 3 is 1.69 bits per heavy atom. The molecule has 5 rings (SSSR count). The lowest BCUT2D eigenvalue weighted by atomic mass is 10.1. The van der Waals surface area contributed by atoms with Crippen LogP contribution in [0.4, 0.5) is 40.6 Å². The van der Waals surface area contributed by atoms with Gasteiger partial charge in [-0.05, 0) is 72.7 Å². The van der Waals surface area contributed by atoms with Crippen molar-refractivity contribution in [2.75, 3.05) is 52.3 Å². The number of rotatable bonds is 23. The van der Waals surface area contributed by atoms with Gasteiger partial charge in [-0.15, -0.1) is 26.3 Å². The Morgan fingerprint density at radius 2 is 1.15 bits per heavy atom. The number of anilines is 7. The van der Waals surface area contributed by atoms with E-state index >= 15 is 0 Å². The molecule has 0 saturated heterocycles. The van der Waals surface area contributed by atoms with Crippen LogP contribution in [0.5, 0.6) is 0 Å². The summed E-state index contributed by atoms with van der Waals surface area (Å²) in [5.41, 5.74) is 5.48. The number of nitrogens with one attached hydrogen (secondary N) is 4. The average molecular weight is 851 g/mol. The van der Waals surface area contributed by atoms with Crippen molar-refractivity contribution < 1.29 is 9.11 Å². The van der Waals surface area contributed by atoms with E-state index < -0.39 is 0 Å². The third kappa shape index (κ3) is 13.9. The molecule has 1 heterocycles. The summed E-state index contributed by atoms with van der Waals surface area (Å²) in [5.74, 6) is 2.24. The van der Waals surface area contributed by atoms with Crippen LogP contribution < -0.4 is 26.2 Å². The van der Waals surface area contributed by atoms with Gasteiger partial charge >= 0.3 is 0 Å². The van der Waals surface area contributed by atoms with Gasteiger partial charge in [0.25, 0.3) is 0 Å². The molecule has 6 N–H and O–H groups in total. The van der Waals surface area contributed by atoms with E-state index in [1.165, 1.54) is 0 Å². The number of amidine groups is 1. The van der Waals surface area contributed by atoms with E-state index in [1.807, 2.05) is 144 Å². The van der Waals surface area contributed by atoms with Crippen LogP contribution in [0.25, 0.3) is 12.2 Å². The molecule has 0 saturated carbocycles. The Hall–Kier alpha value is -6.84. The standard InChI is InChI=1S/C47H50N10O2S2/c1-7-27-56(28-8-2)44(50-35(6)49-38-17-13-11-14-18-38)31-34(5)48-40-25-23-36(42(32-40)60-58)21-22-37-24-26-41(33-43(37)61-59)52-46-53-45(51-39-19-15-12-16-20-39)54-47(55-46)57(29-9-3)30-10-4/h7-26,31-33,48-49,58-59H,1-4,6,27-30H2,5H3,(H2,51,52,53,54,55)/b22-21+,34-31+,50-44+. The van der Waals surface area contributed by atoms with E-state index in [0.29, 0.717) is 95.2 Å². The topological polar surface area (TPSA) is 146 Å². The minimum absolute atomic E-state index is 0.307. The Bertz CT molecular complexity index is 2370. The Balaban J connectivity index is 1.34.